The fourth-order valence-electron chi connectivity index (χ4n) is 0.801. The standard InChI is InChI=1S/C9H19NO3S/c1-9(2,3)8(11)10-6-5-7-14(4,12)13/h5-7H2,1-4H3,(H,10,11). The molecule has 0 rings (SSSR count). The van der Waals surface area contributed by atoms with E-state index in [0.717, 1.165) is 0 Å². The van der Waals surface area contributed by atoms with Crippen LogP contribution in [-0.4, -0.2) is 32.9 Å². The van der Waals surface area contributed by atoms with Crippen LogP contribution in [0.4, 0.5) is 0 Å². The first kappa shape index (κ1) is 13.4. The summed E-state index contributed by atoms with van der Waals surface area (Å²) >= 11 is 0. The van der Waals surface area contributed by atoms with E-state index in [1.165, 1.54) is 6.26 Å². The molecule has 0 atom stereocenters. The number of hydrogen-bond donors (Lipinski definition) is 1. The van der Waals surface area contributed by atoms with Crippen molar-refractivity contribution in [2.24, 2.45) is 5.41 Å². The molecule has 0 saturated heterocycles. The predicted octanol–water partition coefficient (Wildman–Crippen LogP) is 0.583. The third-order valence-electron chi connectivity index (χ3n) is 1.66. The second kappa shape index (κ2) is 4.77. The summed E-state index contributed by atoms with van der Waals surface area (Å²) in [5.74, 6) is 0.0724. The first-order chi connectivity index (χ1) is 6.13. The van der Waals surface area contributed by atoms with Gasteiger partial charge in [-0.2, -0.15) is 0 Å². The highest BCUT2D eigenvalue weighted by Gasteiger charge is 2.20. The molecule has 1 N–H and O–H groups in total. The van der Waals surface area contributed by atoms with Gasteiger partial charge < -0.3 is 5.32 Å². The molecule has 0 spiro atoms. The molecule has 14 heavy (non-hydrogen) atoms. The van der Waals surface area contributed by atoms with Gasteiger partial charge in [-0.3, -0.25) is 4.79 Å². The predicted molar refractivity (Wildman–Crippen MR) is 56.8 cm³/mol. The highest BCUT2D eigenvalue weighted by Crippen LogP contribution is 2.12. The highest BCUT2D eigenvalue weighted by atomic mass is 32.2. The summed E-state index contributed by atoms with van der Waals surface area (Å²) in [6.07, 6.45) is 1.67. The van der Waals surface area contributed by atoms with Crippen molar-refractivity contribution in [3.05, 3.63) is 0 Å². The van der Waals surface area contributed by atoms with E-state index in [9.17, 15) is 13.2 Å². The van der Waals surface area contributed by atoms with E-state index in [4.69, 9.17) is 0 Å². The lowest BCUT2D eigenvalue weighted by Crippen LogP contribution is -2.35. The summed E-state index contributed by atoms with van der Waals surface area (Å²) in [4.78, 5) is 11.3. The molecule has 0 heterocycles. The van der Waals surface area contributed by atoms with Crippen molar-refractivity contribution in [2.75, 3.05) is 18.6 Å². The zero-order valence-corrected chi connectivity index (χ0v) is 10.1. The van der Waals surface area contributed by atoms with Gasteiger partial charge in [0.2, 0.25) is 5.91 Å². The largest absolute Gasteiger partial charge is 0.356 e. The lowest BCUT2D eigenvalue weighted by Gasteiger charge is -2.17. The molecule has 0 bridgehead atoms. The van der Waals surface area contributed by atoms with Crippen LogP contribution in [0.5, 0.6) is 0 Å². The zero-order valence-electron chi connectivity index (χ0n) is 9.25. The highest BCUT2D eigenvalue weighted by molar-refractivity contribution is 7.90. The van der Waals surface area contributed by atoms with Gasteiger partial charge in [-0.15, -0.1) is 0 Å². The molecule has 0 aromatic heterocycles. The molecule has 0 unspecified atom stereocenters. The van der Waals surface area contributed by atoms with Crippen molar-refractivity contribution in [1.29, 1.82) is 0 Å². The van der Waals surface area contributed by atoms with Crippen molar-refractivity contribution in [3.63, 3.8) is 0 Å². The molecule has 5 heteroatoms. The topological polar surface area (TPSA) is 63.2 Å². The normalized spacial score (nSPS) is 12.6. The van der Waals surface area contributed by atoms with Crippen molar-refractivity contribution in [3.8, 4) is 0 Å². The molecule has 0 aliphatic heterocycles. The monoisotopic (exact) mass is 221 g/mol. The lowest BCUT2D eigenvalue weighted by molar-refractivity contribution is -0.128. The van der Waals surface area contributed by atoms with Crippen LogP contribution in [0.1, 0.15) is 27.2 Å². The Hall–Kier alpha value is -0.580. The Morgan fingerprint density at radius 1 is 1.29 bits per heavy atom. The van der Waals surface area contributed by atoms with Crippen LogP contribution in [-0.2, 0) is 14.6 Å². The van der Waals surface area contributed by atoms with Crippen molar-refractivity contribution in [2.45, 2.75) is 27.2 Å². The number of hydrogen-bond acceptors (Lipinski definition) is 3. The maximum Gasteiger partial charge on any atom is 0.225 e. The van der Waals surface area contributed by atoms with E-state index in [-0.39, 0.29) is 11.7 Å². The summed E-state index contributed by atoms with van der Waals surface area (Å²) in [5, 5.41) is 2.69. The van der Waals surface area contributed by atoms with Gasteiger partial charge in [0.1, 0.15) is 9.84 Å². The van der Waals surface area contributed by atoms with Crippen LogP contribution in [0.25, 0.3) is 0 Å². The van der Waals surface area contributed by atoms with E-state index >= 15 is 0 Å². The Labute approximate surface area is 86.0 Å². The maximum absolute atomic E-state index is 11.3. The molecule has 1 amide bonds. The fraction of sp³-hybridized carbons (Fsp3) is 0.889. The first-order valence-electron chi connectivity index (χ1n) is 4.59. The van der Waals surface area contributed by atoms with Gasteiger partial charge in [0, 0.05) is 18.2 Å². The number of carbonyl (C=O) groups is 1. The third-order valence-corrected chi connectivity index (χ3v) is 2.69. The molecule has 84 valence electrons. The quantitative estimate of drug-likeness (QED) is 0.706. The summed E-state index contributed by atoms with van der Waals surface area (Å²) in [6, 6.07) is 0. The molecular formula is C9H19NO3S. The van der Waals surface area contributed by atoms with Crippen molar-refractivity contribution in [1.82, 2.24) is 5.32 Å². The van der Waals surface area contributed by atoms with E-state index in [0.29, 0.717) is 13.0 Å². The molecular weight excluding hydrogens is 202 g/mol. The van der Waals surface area contributed by atoms with Crippen LogP contribution in [0.2, 0.25) is 0 Å². The SMILES string of the molecule is CC(C)(C)C(=O)NCCCS(C)(=O)=O. The van der Waals surface area contributed by atoms with Crippen LogP contribution in [0.3, 0.4) is 0 Å². The number of nitrogens with one attached hydrogen (secondary N) is 1. The van der Waals surface area contributed by atoms with Crippen LogP contribution < -0.4 is 5.32 Å². The van der Waals surface area contributed by atoms with Gasteiger partial charge in [0.05, 0.1) is 5.75 Å². The summed E-state index contributed by atoms with van der Waals surface area (Å²) in [7, 11) is -2.91. The van der Waals surface area contributed by atoms with E-state index in [1.54, 1.807) is 0 Å². The zero-order chi connectivity index (χ0) is 11.4. The molecule has 0 fully saturated rings. The Balaban J connectivity index is 3.72. The average molecular weight is 221 g/mol. The third kappa shape index (κ3) is 6.88. The minimum Gasteiger partial charge on any atom is -0.356 e. The summed E-state index contributed by atoms with van der Waals surface area (Å²) in [5.41, 5.74) is -0.412. The molecule has 0 aliphatic rings. The van der Waals surface area contributed by atoms with E-state index < -0.39 is 15.3 Å². The van der Waals surface area contributed by atoms with Crippen LogP contribution in [0.15, 0.2) is 0 Å². The number of amides is 1. The summed E-state index contributed by atoms with van der Waals surface area (Å²) in [6.45, 7) is 5.87. The van der Waals surface area contributed by atoms with Crippen molar-refractivity contribution >= 4 is 15.7 Å². The van der Waals surface area contributed by atoms with Gasteiger partial charge in [-0.25, -0.2) is 8.42 Å². The number of sulfone groups is 1. The Bertz CT molecular complexity index is 288. The number of rotatable bonds is 4. The molecule has 0 aliphatic carbocycles. The minimum absolute atomic E-state index is 0.0500. The Morgan fingerprint density at radius 2 is 1.79 bits per heavy atom. The maximum atomic E-state index is 11.3. The first-order valence-corrected chi connectivity index (χ1v) is 6.65. The van der Waals surface area contributed by atoms with E-state index in [2.05, 4.69) is 5.32 Å². The van der Waals surface area contributed by atoms with Crippen LogP contribution in [0, 0.1) is 5.41 Å². The Kier molecular flexibility index (Phi) is 4.58. The molecule has 0 aromatic rings. The molecule has 4 nitrogen and oxygen atoms in total. The molecule has 0 radical (unpaired) electrons. The Morgan fingerprint density at radius 3 is 2.14 bits per heavy atom. The number of carbonyl (C=O) groups excluding carboxylic acids is 1. The van der Waals surface area contributed by atoms with Gasteiger partial charge in [-0.05, 0) is 6.42 Å². The lowest BCUT2D eigenvalue weighted by atomic mass is 9.96. The van der Waals surface area contributed by atoms with Gasteiger partial charge >= 0.3 is 0 Å². The second-order valence-electron chi connectivity index (χ2n) is 4.49. The van der Waals surface area contributed by atoms with Gasteiger partial charge in [0.25, 0.3) is 0 Å². The second-order valence-corrected chi connectivity index (χ2v) is 6.75. The smallest absolute Gasteiger partial charge is 0.225 e. The fourth-order valence-corrected chi connectivity index (χ4v) is 1.47. The van der Waals surface area contributed by atoms with Crippen LogP contribution >= 0.6 is 0 Å². The van der Waals surface area contributed by atoms with Crippen molar-refractivity contribution < 1.29 is 13.2 Å². The minimum atomic E-state index is -2.91. The molecule has 0 aromatic carbocycles. The summed E-state index contributed by atoms with van der Waals surface area (Å²) < 4.78 is 21.5. The van der Waals surface area contributed by atoms with Gasteiger partial charge in [-0.1, -0.05) is 20.8 Å². The van der Waals surface area contributed by atoms with Gasteiger partial charge in [0.15, 0.2) is 0 Å². The molecule has 0 saturated carbocycles. The average Bonchev–Trinajstić information content (AvgIpc) is 1.93. The van der Waals surface area contributed by atoms with E-state index in [1.807, 2.05) is 20.8 Å².